The van der Waals surface area contributed by atoms with E-state index >= 15 is 0 Å². The van der Waals surface area contributed by atoms with Crippen LogP contribution in [-0.2, 0) is 65.4 Å². The minimum absolute atomic E-state index is 0.106. The summed E-state index contributed by atoms with van der Waals surface area (Å²) < 4.78 is 68.4. The number of carbonyl (C=O) groups is 4. The normalized spacial score (nSPS) is 14.1. The maximum absolute atomic E-state index is 13.1. The van der Waals surface area contributed by atoms with Crippen molar-refractivity contribution in [3.63, 3.8) is 0 Å². The number of esters is 4. The Balaban J connectivity index is 5.24. The number of unbranched alkanes of at least 4 members (excludes halogenated alkanes) is 40. The first kappa shape index (κ1) is 91.1. The van der Waals surface area contributed by atoms with Crippen LogP contribution in [0.25, 0.3) is 0 Å². The quantitative estimate of drug-likeness (QED) is 0.0222. The molecule has 0 saturated carbocycles. The molecule has 0 radical (unpaired) electrons. The summed E-state index contributed by atoms with van der Waals surface area (Å²) in [6.07, 6.45) is 50.0. The van der Waals surface area contributed by atoms with E-state index < -0.39 is 97.5 Å². The lowest BCUT2D eigenvalue weighted by Crippen LogP contribution is -2.30. The maximum atomic E-state index is 13.1. The van der Waals surface area contributed by atoms with Crippen molar-refractivity contribution in [2.45, 2.75) is 394 Å². The number of hydrogen-bond donors (Lipinski definition) is 3. The second-order valence-electron chi connectivity index (χ2n) is 28.1. The Hall–Kier alpha value is -1.94. The minimum Gasteiger partial charge on any atom is -0.462 e. The van der Waals surface area contributed by atoms with Gasteiger partial charge in [0.15, 0.2) is 12.2 Å². The highest BCUT2D eigenvalue weighted by Crippen LogP contribution is 2.45. The summed E-state index contributed by atoms with van der Waals surface area (Å²) in [6, 6.07) is 0. The Bertz CT molecular complexity index is 1820. The highest BCUT2D eigenvalue weighted by Gasteiger charge is 2.30. The van der Waals surface area contributed by atoms with Crippen LogP contribution in [0.4, 0.5) is 0 Å². The highest BCUT2D eigenvalue weighted by molar-refractivity contribution is 7.47. The molecule has 0 aliphatic rings. The summed E-state index contributed by atoms with van der Waals surface area (Å²) in [6.45, 7) is 11.8. The summed E-state index contributed by atoms with van der Waals surface area (Å²) >= 11 is 0. The summed E-state index contributed by atoms with van der Waals surface area (Å²) in [5.41, 5.74) is 0. The molecule has 0 aromatic rings. The van der Waals surface area contributed by atoms with Crippen LogP contribution in [0.5, 0.6) is 0 Å². The van der Waals surface area contributed by atoms with Gasteiger partial charge >= 0.3 is 39.5 Å². The van der Waals surface area contributed by atoms with E-state index in [1.807, 2.05) is 0 Å². The molecule has 0 spiro atoms. The lowest BCUT2D eigenvalue weighted by atomic mass is 10.0. The van der Waals surface area contributed by atoms with Gasteiger partial charge in [0.1, 0.15) is 19.3 Å². The van der Waals surface area contributed by atoms with Gasteiger partial charge in [0.05, 0.1) is 26.4 Å². The van der Waals surface area contributed by atoms with Gasteiger partial charge in [0, 0.05) is 25.7 Å². The maximum Gasteiger partial charge on any atom is 0.472 e. The molecular formula is C74H144O17P2. The van der Waals surface area contributed by atoms with Gasteiger partial charge in [0.2, 0.25) is 0 Å². The molecule has 0 rings (SSSR count). The third kappa shape index (κ3) is 68.4. The van der Waals surface area contributed by atoms with Crippen LogP contribution in [0.1, 0.15) is 376 Å². The van der Waals surface area contributed by atoms with Crippen LogP contribution >= 0.6 is 15.6 Å². The molecule has 0 bridgehead atoms. The van der Waals surface area contributed by atoms with E-state index in [4.69, 9.17) is 37.0 Å². The molecule has 0 aromatic heterocycles. The first-order chi connectivity index (χ1) is 44.7. The molecule has 0 aliphatic carbocycles. The molecule has 0 fully saturated rings. The van der Waals surface area contributed by atoms with Gasteiger partial charge in [-0.2, -0.15) is 0 Å². The SMILES string of the molecule is CCCCCCCCCCCCCCCC(=O)O[C@H](COC(=O)CCCCCCCCC(C)C)COP(=O)(O)OC[C@H](O)COP(=O)(O)OC[C@@H](COC(=O)CCCCCCCCCCCCCC(C)C)OC(=O)CCCCCCCCCCCCCCCCC(C)C. The molecule has 19 heteroatoms. The van der Waals surface area contributed by atoms with Crippen molar-refractivity contribution in [3.05, 3.63) is 0 Å². The summed E-state index contributed by atoms with van der Waals surface area (Å²) in [4.78, 5) is 72.7. The number of phosphoric ester groups is 2. The van der Waals surface area contributed by atoms with Crippen molar-refractivity contribution in [3.8, 4) is 0 Å². The molecular weight excluding hydrogens is 1220 g/mol. The second-order valence-corrected chi connectivity index (χ2v) is 31.0. The van der Waals surface area contributed by atoms with Crippen LogP contribution in [0, 0.1) is 17.8 Å². The molecule has 0 aliphatic heterocycles. The van der Waals surface area contributed by atoms with Gasteiger partial charge in [-0.1, -0.05) is 325 Å². The molecule has 0 aromatic carbocycles. The first-order valence-corrected chi connectivity index (χ1v) is 41.3. The molecule has 3 N–H and O–H groups in total. The fourth-order valence-corrected chi connectivity index (χ4v) is 12.8. The van der Waals surface area contributed by atoms with E-state index in [9.17, 15) is 43.2 Å². The van der Waals surface area contributed by atoms with Crippen molar-refractivity contribution >= 4 is 39.5 Å². The number of hydrogen-bond acceptors (Lipinski definition) is 15. The van der Waals surface area contributed by atoms with Crippen LogP contribution in [0.15, 0.2) is 0 Å². The molecule has 2 unspecified atom stereocenters. The number of carbonyl (C=O) groups excluding carboxylic acids is 4. The van der Waals surface area contributed by atoms with E-state index in [0.717, 1.165) is 108 Å². The van der Waals surface area contributed by atoms with Crippen molar-refractivity contribution in [1.29, 1.82) is 0 Å². The number of aliphatic hydroxyl groups is 1. The molecule has 17 nitrogen and oxygen atoms in total. The third-order valence-corrected chi connectivity index (χ3v) is 19.0. The predicted octanol–water partition coefficient (Wildman–Crippen LogP) is 21.4. The topological polar surface area (TPSA) is 237 Å². The number of aliphatic hydroxyl groups excluding tert-OH is 1. The zero-order chi connectivity index (χ0) is 68.7. The lowest BCUT2D eigenvalue weighted by Gasteiger charge is -2.21. The number of rotatable bonds is 72. The van der Waals surface area contributed by atoms with Gasteiger partial charge in [-0.15, -0.1) is 0 Å². The lowest BCUT2D eigenvalue weighted by molar-refractivity contribution is -0.161. The van der Waals surface area contributed by atoms with Crippen molar-refractivity contribution in [2.75, 3.05) is 39.6 Å². The standard InChI is InChI=1S/C74H144O17P2/c1-8-9-10-11-12-13-14-17-23-29-34-43-50-57-74(79)91-70(62-85-72(77)56-49-42-37-36-40-47-54-67(6)7)64-89-93(82,83)87-60-68(75)59-86-92(80,81)88-63-69(61-84-71(76)55-48-41-33-28-25-20-22-27-32-39-46-53-66(4)5)90-73(78)58-51-44-35-30-24-19-16-15-18-21-26-31-38-45-52-65(2)3/h65-70,75H,8-64H2,1-7H3,(H,80,81)(H,82,83)/t68-,69-,70-/m1/s1. The summed E-state index contributed by atoms with van der Waals surface area (Å²) in [7, 11) is -9.91. The Morgan fingerprint density at radius 2 is 0.495 bits per heavy atom. The average molecular weight is 1370 g/mol. The molecule has 0 heterocycles. The zero-order valence-corrected chi connectivity index (χ0v) is 62.5. The average Bonchev–Trinajstić information content (AvgIpc) is 1.63. The third-order valence-electron chi connectivity index (χ3n) is 17.1. The van der Waals surface area contributed by atoms with Gasteiger partial charge in [-0.05, 0) is 43.4 Å². The fourth-order valence-electron chi connectivity index (χ4n) is 11.2. The van der Waals surface area contributed by atoms with Crippen LogP contribution in [0.2, 0.25) is 0 Å². The van der Waals surface area contributed by atoms with E-state index in [0.29, 0.717) is 31.6 Å². The van der Waals surface area contributed by atoms with E-state index in [2.05, 4.69) is 48.5 Å². The van der Waals surface area contributed by atoms with E-state index in [1.54, 1.807) is 0 Å². The minimum atomic E-state index is -4.96. The largest absolute Gasteiger partial charge is 0.472 e. The van der Waals surface area contributed by atoms with Gasteiger partial charge in [0.25, 0.3) is 0 Å². The van der Waals surface area contributed by atoms with Crippen LogP contribution < -0.4 is 0 Å². The van der Waals surface area contributed by atoms with Gasteiger partial charge in [-0.3, -0.25) is 37.3 Å². The molecule has 93 heavy (non-hydrogen) atoms. The Labute approximate surface area is 568 Å². The summed E-state index contributed by atoms with van der Waals surface area (Å²) in [5.74, 6) is 0.125. The Morgan fingerprint density at radius 3 is 0.731 bits per heavy atom. The molecule has 0 amide bonds. The number of phosphoric acid groups is 2. The smallest absolute Gasteiger partial charge is 0.462 e. The zero-order valence-electron chi connectivity index (χ0n) is 60.7. The van der Waals surface area contributed by atoms with Crippen LogP contribution in [-0.4, -0.2) is 96.7 Å². The van der Waals surface area contributed by atoms with Crippen molar-refractivity contribution < 1.29 is 80.2 Å². The Kier molecular flexibility index (Phi) is 63.4. The van der Waals surface area contributed by atoms with Crippen LogP contribution in [0.3, 0.4) is 0 Å². The predicted molar refractivity (Wildman–Crippen MR) is 377 cm³/mol. The van der Waals surface area contributed by atoms with Gasteiger partial charge in [-0.25, -0.2) is 9.13 Å². The Morgan fingerprint density at radius 1 is 0.290 bits per heavy atom. The first-order valence-electron chi connectivity index (χ1n) is 38.3. The van der Waals surface area contributed by atoms with Crippen molar-refractivity contribution in [1.82, 2.24) is 0 Å². The fraction of sp³-hybridized carbons (Fsp3) is 0.946. The molecule has 552 valence electrons. The molecule has 5 atom stereocenters. The van der Waals surface area contributed by atoms with Crippen molar-refractivity contribution in [2.24, 2.45) is 17.8 Å². The number of ether oxygens (including phenoxy) is 4. The van der Waals surface area contributed by atoms with E-state index in [1.165, 1.54) is 180 Å². The monoisotopic (exact) mass is 1370 g/mol. The van der Waals surface area contributed by atoms with Gasteiger partial charge < -0.3 is 33.8 Å². The van der Waals surface area contributed by atoms with E-state index in [-0.39, 0.29) is 25.7 Å². The summed E-state index contributed by atoms with van der Waals surface area (Å²) in [5, 5.41) is 10.6. The molecule has 0 saturated heterocycles. The highest BCUT2D eigenvalue weighted by atomic mass is 31.2. The second kappa shape index (κ2) is 64.7.